The molecule has 1 fully saturated rings. The molecule has 0 radical (unpaired) electrons. The molecule has 2 N–H and O–H groups in total. The normalized spacial score (nSPS) is 14.7. The van der Waals surface area contributed by atoms with Crippen LogP contribution in [0.1, 0.15) is 57.9 Å². The molecule has 150 valence electrons. The van der Waals surface area contributed by atoms with Crippen molar-refractivity contribution in [1.82, 2.24) is 10.6 Å². The number of thiocarbonyl (C=S) groups is 1. The molecule has 1 aromatic rings. The largest absolute Gasteiger partial charge is 0.493 e. The summed E-state index contributed by atoms with van der Waals surface area (Å²) < 4.78 is 11.2. The number of benzene rings is 1. The van der Waals surface area contributed by atoms with Crippen molar-refractivity contribution in [1.29, 1.82) is 0 Å². The van der Waals surface area contributed by atoms with E-state index in [0.717, 1.165) is 43.4 Å². The lowest BCUT2D eigenvalue weighted by Crippen LogP contribution is -2.42. The average Bonchev–Trinajstić information content (AvgIpc) is 2.67. The number of carbonyl (C=O) groups excluding carboxylic acids is 1. The van der Waals surface area contributed by atoms with Crippen molar-refractivity contribution < 1.29 is 14.3 Å². The Morgan fingerprint density at radius 3 is 2.63 bits per heavy atom. The van der Waals surface area contributed by atoms with Crippen molar-refractivity contribution in [3.05, 3.63) is 23.8 Å². The quantitative estimate of drug-likeness (QED) is 0.650. The number of hydrogen-bond donors (Lipinski definition) is 2. The van der Waals surface area contributed by atoms with E-state index in [9.17, 15) is 4.79 Å². The van der Waals surface area contributed by atoms with Gasteiger partial charge in [-0.3, -0.25) is 4.79 Å². The van der Waals surface area contributed by atoms with Crippen LogP contribution in [-0.4, -0.2) is 24.7 Å². The van der Waals surface area contributed by atoms with E-state index < -0.39 is 0 Å². The molecule has 1 amide bonds. The summed E-state index contributed by atoms with van der Waals surface area (Å²) in [4.78, 5) is 12.2. The molecule has 0 atom stereocenters. The van der Waals surface area contributed by atoms with Gasteiger partial charge in [0, 0.05) is 12.5 Å². The van der Waals surface area contributed by atoms with Crippen molar-refractivity contribution in [2.75, 3.05) is 13.7 Å². The monoisotopic (exact) mass is 392 g/mol. The van der Waals surface area contributed by atoms with Crippen molar-refractivity contribution in [3.63, 3.8) is 0 Å². The van der Waals surface area contributed by atoms with E-state index in [1.54, 1.807) is 7.11 Å². The standard InChI is InChI=1S/C21H32N2O3S/c1-15(2)11-12-26-18-10-9-16(13-19(18)25-3)14-22-21(27)23-20(24)17-7-5-4-6-8-17/h9-10,13,15,17H,4-8,11-12,14H2,1-3H3,(H2,22,23,24,27). The zero-order valence-corrected chi connectivity index (χ0v) is 17.5. The van der Waals surface area contributed by atoms with Gasteiger partial charge in [-0.05, 0) is 55.1 Å². The highest BCUT2D eigenvalue weighted by Gasteiger charge is 2.21. The Labute approximate surface area is 168 Å². The molecule has 0 aliphatic heterocycles. The second kappa shape index (κ2) is 11.1. The van der Waals surface area contributed by atoms with Gasteiger partial charge in [-0.2, -0.15) is 0 Å². The van der Waals surface area contributed by atoms with Gasteiger partial charge in [0.05, 0.1) is 13.7 Å². The fraction of sp³-hybridized carbons (Fsp3) is 0.619. The molecule has 27 heavy (non-hydrogen) atoms. The van der Waals surface area contributed by atoms with Crippen molar-refractivity contribution in [2.24, 2.45) is 11.8 Å². The number of ether oxygens (including phenoxy) is 2. The lowest BCUT2D eigenvalue weighted by molar-refractivity contribution is -0.124. The van der Waals surface area contributed by atoms with Crippen molar-refractivity contribution in [2.45, 2.75) is 58.9 Å². The average molecular weight is 393 g/mol. The minimum absolute atomic E-state index is 0.0404. The summed E-state index contributed by atoms with van der Waals surface area (Å²) in [5.41, 5.74) is 1.01. The SMILES string of the molecule is COc1cc(CNC(=S)NC(=O)C2CCCCC2)ccc1OCCC(C)C. The van der Waals surface area contributed by atoms with Gasteiger partial charge in [-0.15, -0.1) is 0 Å². The van der Waals surface area contributed by atoms with Gasteiger partial charge in [0.15, 0.2) is 16.6 Å². The van der Waals surface area contributed by atoms with Crippen LogP contribution in [0.3, 0.4) is 0 Å². The van der Waals surface area contributed by atoms with Crippen molar-refractivity contribution >= 4 is 23.2 Å². The summed E-state index contributed by atoms with van der Waals surface area (Å²) >= 11 is 5.27. The fourth-order valence-corrected chi connectivity index (χ4v) is 3.32. The van der Waals surface area contributed by atoms with E-state index in [1.807, 2.05) is 18.2 Å². The van der Waals surface area contributed by atoms with Crippen molar-refractivity contribution in [3.8, 4) is 11.5 Å². The van der Waals surface area contributed by atoms with Crippen LogP contribution in [0.2, 0.25) is 0 Å². The molecule has 0 spiro atoms. The molecular weight excluding hydrogens is 360 g/mol. The Balaban J connectivity index is 1.82. The molecule has 1 aliphatic carbocycles. The zero-order valence-electron chi connectivity index (χ0n) is 16.7. The van der Waals surface area contributed by atoms with Crippen LogP contribution < -0.4 is 20.1 Å². The predicted molar refractivity (Wildman–Crippen MR) is 112 cm³/mol. The van der Waals surface area contributed by atoms with Gasteiger partial charge in [-0.25, -0.2) is 0 Å². The Morgan fingerprint density at radius 1 is 1.22 bits per heavy atom. The summed E-state index contributed by atoms with van der Waals surface area (Å²) in [5.74, 6) is 2.19. The van der Waals surface area contributed by atoms with E-state index in [-0.39, 0.29) is 11.8 Å². The first-order chi connectivity index (χ1) is 13.0. The minimum atomic E-state index is 0.0404. The molecule has 0 aromatic heterocycles. The molecule has 1 aliphatic rings. The van der Waals surface area contributed by atoms with Crippen LogP contribution in [0.25, 0.3) is 0 Å². The Morgan fingerprint density at radius 2 is 1.96 bits per heavy atom. The van der Waals surface area contributed by atoms with E-state index >= 15 is 0 Å². The molecule has 0 bridgehead atoms. The number of nitrogens with one attached hydrogen (secondary N) is 2. The summed E-state index contributed by atoms with van der Waals surface area (Å²) in [6, 6.07) is 5.83. The third-order valence-corrected chi connectivity index (χ3v) is 5.09. The summed E-state index contributed by atoms with van der Waals surface area (Å²) in [6.45, 7) is 5.53. The van der Waals surface area contributed by atoms with Crippen LogP contribution in [0.5, 0.6) is 11.5 Å². The molecular formula is C21H32N2O3S. The van der Waals surface area contributed by atoms with Gasteiger partial charge < -0.3 is 20.1 Å². The molecule has 2 rings (SSSR count). The Hall–Kier alpha value is -1.82. The number of rotatable bonds is 8. The van der Waals surface area contributed by atoms with E-state index in [1.165, 1.54) is 6.42 Å². The lowest BCUT2D eigenvalue weighted by Gasteiger charge is -2.21. The van der Waals surface area contributed by atoms with Gasteiger partial charge in [-0.1, -0.05) is 39.2 Å². The fourth-order valence-electron chi connectivity index (χ4n) is 3.15. The maximum absolute atomic E-state index is 12.2. The molecule has 0 saturated heterocycles. The smallest absolute Gasteiger partial charge is 0.229 e. The van der Waals surface area contributed by atoms with Gasteiger partial charge >= 0.3 is 0 Å². The Bertz CT molecular complexity index is 628. The third-order valence-electron chi connectivity index (χ3n) is 4.85. The molecule has 5 nitrogen and oxygen atoms in total. The van der Waals surface area contributed by atoms with Crippen LogP contribution in [0.4, 0.5) is 0 Å². The predicted octanol–water partition coefficient (Wildman–Crippen LogP) is 4.19. The second-order valence-corrected chi connectivity index (χ2v) is 7.93. The van der Waals surface area contributed by atoms with E-state index in [0.29, 0.717) is 29.9 Å². The molecule has 1 saturated carbocycles. The molecule has 1 aromatic carbocycles. The third kappa shape index (κ3) is 7.37. The molecule has 0 unspecified atom stereocenters. The van der Waals surface area contributed by atoms with Gasteiger partial charge in [0.1, 0.15) is 0 Å². The Kier molecular flexibility index (Phi) is 8.85. The highest BCUT2D eigenvalue weighted by atomic mass is 32.1. The van der Waals surface area contributed by atoms with Gasteiger partial charge in [0.25, 0.3) is 0 Å². The van der Waals surface area contributed by atoms with Gasteiger partial charge in [0.2, 0.25) is 5.91 Å². The summed E-state index contributed by atoms with van der Waals surface area (Å²) in [5, 5.41) is 6.30. The number of carbonyl (C=O) groups is 1. The number of methoxy groups -OCH3 is 1. The highest BCUT2D eigenvalue weighted by Crippen LogP contribution is 2.28. The first kappa shape index (κ1) is 21.5. The maximum Gasteiger partial charge on any atom is 0.229 e. The second-order valence-electron chi connectivity index (χ2n) is 7.52. The first-order valence-corrected chi connectivity index (χ1v) is 10.3. The molecule has 6 heteroatoms. The zero-order chi connectivity index (χ0) is 19.6. The summed E-state index contributed by atoms with van der Waals surface area (Å²) in [6.07, 6.45) is 6.41. The van der Waals surface area contributed by atoms with Crippen LogP contribution in [-0.2, 0) is 11.3 Å². The van der Waals surface area contributed by atoms with E-state index in [4.69, 9.17) is 21.7 Å². The highest BCUT2D eigenvalue weighted by molar-refractivity contribution is 7.80. The topological polar surface area (TPSA) is 59.6 Å². The first-order valence-electron chi connectivity index (χ1n) is 9.88. The van der Waals surface area contributed by atoms with E-state index in [2.05, 4.69) is 24.5 Å². The van der Waals surface area contributed by atoms with Crippen LogP contribution in [0, 0.1) is 11.8 Å². The summed E-state index contributed by atoms with van der Waals surface area (Å²) in [7, 11) is 1.64. The van der Waals surface area contributed by atoms with Crippen LogP contribution in [0.15, 0.2) is 18.2 Å². The number of hydrogen-bond acceptors (Lipinski definition) is 4. The molecule has 0 heterocycles. The minimum Gasteiger partial charge on any atom is -0.493 e. The number of amides is 1. The maximum atomic E-state index is 12.2. The lowest BCUT2D eigenvalue weighted by atomic mass is 9.89. The van der Waals surface area contributed by atoms with Crippen LogP contribution >= 0.6 is 12.2 Å².